The van der Waals surface area contributed by atoms with Gasteiger partial charge in [0.25, 0.3) is 10.0 Å². The first-order chi connectivity index (χ1) is 12.0. The lowest BCUT2D eigenvalue weighted by molar-refractivity contribution is -0.114. The van der Waals surface area contributed by atoms with E-state index in [1.807, 2.05) is 34.6 Å². The lowest BCUT2D eigenvalue weighted by Crippen LogP contribution is -2.18. The summed E-state index contributed by atoms with van der Waals surface area (Å²) >= 11 is 6.13. The first-order valence-electron chi connectivity index (χ1n) is 8.12. The number of hydrogen-bond acceptors (Lipinski definition) is 3. The summed E-state index contributed by atoms with van der Waals surface area (Å²) < 4.78 is 28.6. The fraction of sp³-hybridized carbons (Fsp3) is 0.316. The van der Waals surface area contributed by atoms with Gasteiger partial charge < -0.3 is 5.32 Å². The minimum atomic E-state index is -3.79. The zero-order chi connectivity index (χ0) is 19.8. The molecule has 0 saturated carbocycles. The second-order valence-electron chi connectivity index (χ2n) is 6.44. The predicted molar refractivity (Wildman–Crippen MR) is 107 cm³/mol. The maximum atomic E-state index is 13.0. The van der Waals surface area contributed by atoms with Crippen LogP contribution in [0.1, 0.15) is 34.7 Å². The summed E-state index contributed by atoms with van der Waals surface area (Å²) in [7, 11) is -3.79. The summed E-state index contributed by atoms with van der Waals surface area (Å²) in [6.07, 6.45) is 0. The molecule has 0 unspecified atom stereocenters. The molecule has 0 aromatic heterocycles. The van der Waals surface area contributed by atoms with Crippen molar-refractivity contribution in [1.82, 2.24) is 0 Å². The third kappa shape index (κ3) is 3.86. The average molecular weight is 395 g/mol. The van der Waals surface area contributed by atoms with Gasteiger partial charge in [0.05, 0.1) is 21.3 Å². The van der Waals surface area contributed by atoms with E-state index >= 15 is 0 Å². The number of carbonyl (C=O) groups is 1. The molecule has 140 valence electrons. The molecular formula is C19H23ClN2O3S. The minimum absolute atomic E-state index is 0.253. The van der Waals surface area contributed by atoms with Crippen LogP contribution in [0.5, 0.6) is 0 Å². The summed E-state index contributed by atoms with van der Waals surface area (Å²) in [5.41, 5.74) is 5.26. The van der Waals surface area contributed by atoms with Crippen molar-refractivity contribution < 1.29 is 13.2 Å². The Bertz CT molecular complexity index is 969. The van der Waals surface area contributed by atoms with E-state index in [0.717, 1.165) is 27.8 Å². The van der Waals surface area contributed by atoms with Crippen molar-refractivity contribution in [3.8, 4) is 0 Å². The molecule has 7 heteroatoms. The van der Waals surface area contributed by atoms with Gasteiger partial charge in [-0.2, -0.15) is 0 Å². The summed E-state index contributed by atoms with van der Waals surface area (Å²) in [6, 6.07) is 4.60. The molecule has 26 heavy (non-hydrogen) atoms. The van der Waals surface area contributed by atoms with Gasteiger partial charge >= 0.3 is 0 Å². The van der Waals surface area contributed by atoms with Crippen molar-refractivity contribution in [2.75, 3.05) is 10.0 Å². The van der Waals surface area contributed by atoms with Gasteiger partial charge in [0, 0.05) is 6.92 Å². The maximum Gasteiger partial charge on any atom is 0.262 e. The van der Waals surface area contributed by atoms with E-state index in [0.29, 0.717) is 16.3 Å². The molecule has 2 aromatic rings. The van der Waals surface area contributed by atoms with Crippen molar-refractivity contribution >= 4 is 38.9 Å². The summed E-state index contributed by atoms with van der Waals surface area (Å²) in [5.74, 6) is -0.253. The molecule has 0 aliphatic heterocycles. The molecule has 0 spiro atoms. The van der Waals surface area contributed by atoms with Crippen LogP contribution in [0.15, 0.2) is 23.1 Å². The Morgan fingerprint density at radius 3 is 1.88 bits per heavy atom. The normalized spacial score (nSPS) is 11.3. The second-order valence-corrected chi connectivity index (χ2v) is 8.46. The molecule has 5 nitrogen and oxygen atoms in total. The van der Waals surface area contributed by atoms with Gasteiger partial charge in [0.1, 0.15) is 0 Å². The van der Waals surface area contributed by atoms with E-state index in [1.54, 1.807) is 12.1 Å². The average Bonchev–Trinajstić information content (AvgIpc) is 2.53. The summed E-state index contributed by atoms with van der Waals surface area (Å²) in [6.45, 7) is 10.9. The smallest absolute Gasteiger partial charge is 0.262 e. The number of halogens is 1. The number of sulfonamides is 1. The third-order valence-corrected chi connectivity index (χ3v) is 6.70. The Balaban J connectivity index is 2.48. The van der Waals surface area contributed by atoms with E-state index in [2.05, 4.69) is 10.0 Å². The van der Waals surface area contributed by atoms with Crippen LogP contribution in [0.3, 0.4) is 0 Å². The molecule has 2 N–H and O–H groups in total. The molecule has 0 aliphatic carbocycles. The predicted octanol–water partition coefficient (Wildman–Crippen LogP) is 4.64. The van der Waals surface area contributed by atoms with Gasteiger partial charge in [-0.05, 0) is 80.6 Å². The highest BCUT2D eigenvalue weighted by Crippen LogP contribution is 2.32. The molecule has 0 saturated heterocycles. The first-order valence-corrected chi connectivity index (χ1v) is 9.98. The van der Waals surface area contributed by atoms with Crippen LogP contribution in [-0.2, 0) is 14.8 Å². The van der Waals surface area contributed by atoms with Crippen molar-refractivity contribution in [3.63, 3.8) is 0 Å². The van der Waals surface area contributed by atoms with Gasteiger partial charge in [-0.3, -0.25) is 9.52 Å². The fourth-order valence-electron chi connectivity index (χ4n) is 2.94. The maximum absolute atomic E-state index is 13.0. The Kier molecular flexibility index (Phi) is 5.68. The van der Waals surface area contributed by atoms with E-state index in [9.17, 15) is 13.2 Å². The number of nitrogens with one attached hydrogen (secondary N) is 2. The van der Waals surface area contributed by atoms with Gasteiger partial charge in [0.15, 0.2) is 0 Å². The lowest BCUT2D eigenvalue weighted by Gasteiger charge is -2.19. The Hall–Kier alpha value is -2.05. The van der Waals surface area contributed by atoms with Crippen LogP contribution < -0.4 is 10.0 Å². The van der Waals surface area contributed by atoms with E-state index in [1.165, 1.54) is 13.0 Å². The Morgan fingerprint density at radius 2 is 1.42 bits per heavy atom. The van der Waals surface area contributed by atoms with Crippen LogP contribution in [0, 0.1) is 34.6 Å². The van der Waals surface area contributed by atoms with Gasteiger partial charge in [-0.25, -0.2) is 8.42 Å². The van der Waals surface area contributed by atoms with Gasteiger partial charge in [-0.1, -0.05) is 11.6 Å². The highest BCUT2D eigenvalue weighted by molar-refractivity contribution is 7.92. The fourth-order valence-corrected chi connectivity index (χ4v) is 4.82. The molecule has 0 heterocycles. The molecule has 1 amide bonds. The van der Waals surface area contributed by atoms with Crippen molar-refractivity contribution in [2.24, 2.45) is 0 Å². The van der Waals surface area contributed by atoms with E-state index < -0.39 is 10.0 Å². The Labute approximate surface area is 159 Å². The number of anilines is 2. The lowest BCUT2D eigenvalue weighted by atomic mass is 9.95. The number of rotatable bonds is 4. The van der Waals surface area contributed by atoms with E-state index in [4.69, 9.17) is 11.6 Å². The highest BCUT2D eigenvalue weighted by Gasteiger charge is 2.24. The van der Waals surface area contributed by atoms with Crippen LogP contribution in [-0.4, -0.2) is 14.3 Å². The van der Waals surface area contributed by atoms with Gasteiger partial charge in [-0.15, -0.1) is 0 Å². The zero-order valence-corrected chi connectivity index (χ0v) is 17.3. The van der Waals surface area contributed by atoms with Crippen molar-refractivity contribution in [3.05, 3.63) is 51.0 Å². The highest BCUT2D eigenvalue weighted by atomic mass is 35.5. The number of hydrogen-bond donors (Lipinski definition) is 2. The van der Waals surface area contributed by atoms with E-state index in [-0.39, 0.29) is 10.9 Å². The van der Waals surface area contributed by atoms with Crippen LogP contribution in [0.4, 0.5) is 11.4 Å². The minimum Gasteiger partial charge on any atom is -0.325 e. The second kappa shape index (κ2) is 7.29. The molecule has 0 radical (unpaired) electrons. The van der Waals surface area contributed by atoms with Gasteiger partial charge in [0.2, 0.25) is 5.91 Å². The first kappa shape index (κ1) is 20.3. The monoisotopic (exact) mass is 394 g/mol. The molecular weight excluding hydrogens is 372 g/mol. The topological polar surface area (TPSA) is 75.3 Å². The number of benzene rings is 2. The number of amides is 1. The molecule has 2 aromatic carbocycles. The van der Waals surface area contributed by atoms with Crippen molar-refractivity contribution in [2.45, 2.75) is 46.4 Å². The molecule has 0 bridgehead atoms. The van der Waals surface area contributed by atoms with Crippen LogP contribution >= 0.6 is 11.6 Å². The number of carbonyl (C=O) groups excluding carboxylic acids is 1. The summed E-state index contributed by atoms with van der Waals surface area (Å²) in [5, 5.41) is 2.84. The van der Waals surface area contributed by atoms with Crippen molar-refractivity contribution in [1.29, 1.82) is 0 Å². The standard InChI is InChI=1S/C19H23ClN2O3S/c1-10-11(2)13(4)19(14(5)12(10)3)26(24,25)22-16-7-8-18(17(20)9-16)21-15(6)23/h7-9,22H,1-6H3,(H,21,23). The SMILES string of the molecule is CC(=O)Nc1ccc(NS(=O)(=O)c2c(C)c(C)c(C)c(C)c2C)cc1Cl. The molecule has 0 atom stereocenters. The summed E-state index contributed by atoms with van der Waals surface area (Å²) in [4.78, 5) is 11.4. The molecule has 0 aliphatic rings. The van der Waals surface area contributed by atoms with Crippen LogP contribution in [0.25, 0.3) is 0 Å². The van der Waals surface area contributed by atoms with Crippen LogP contribution in [0.2, 0.25) is 5.02 Å². The largest absolute Gasteiger partial charge is 0.325 e. The molecule has 2 rings (SSSR count). The third-order valence-electron chi connectivity index (χ3n) is 4.73. The quantitative estimate of drug-likeness (QED) is 0.793. The zero-order valence-electron chi connectivity index (χ0n) is 15.7. The molecule has 0 fully saturated rings. The Morgan fingerprint density at radius 1 is 0.923 bits per heavy atom.